The quantitative estimate of drug-likeness (QED) is 0.796. The number of aryl methyl sites for hydroxylation is 1. The lowest BCUT2D eigenvalue weighted by Crippen LogP contribution is -2.26. The van der Waals surface area contributed by atoms with E-state index in [2.05, 4.69) is 26.2 Å². The molecule has 7 heteroatoms. The van der Waals surface area contributed by atoms with Gasteiger partial charge in [-0.3, -0.25) is 0 Å². The molecule has 0 spiro atoms. The second-order valence-electron chi connectivity index (χ2n) is 5.01. The van der Waals surface area contributed by atoms with Gasteiger partial charge in [0.1, 0.15) is 15.4 Å². The molecule has 0 bridgehead atoms. The fourth-order valence-electron chi connectivity index (χ4n) is 2.46. The minimum Gasteiger partial charge on any atom is -0.241 e. The highest BCUT2D eigenvalue weighted by Gasteiger charge is 2.26. The summed E-state index contributed by atoms with van der Waals surface area (Å²) in [6.07, 6.45) is 1.23. The molecule has 1 aromatic heterocycles. The Balaban J connectivity index is 2.00. The van der Waals surface area contributed by atoms with Gasteiger partial charge < -0.3 is 0 Å². The van der Waals surface area contributed by atoms with E-state index in [-0.39, 0.29) is 17.5 Å². The molecule has 2 heterocycles. The Bertz CT molecular complexity index is 725. The number of hydrogen-bond donors (Lipinski definition) is 0. The summed E-state index contributed by atoms with van der Waals surface area (Å²) in [4.78, 5) is 0. The molecule has 19 heavy (non-hydrogen) atoms. The van der Waals surface area contributed by atoms with Crippen molar-refractivity contribution >= 4 is 36.8 Å². The van der Waals surface area contributed by atoms with Gasteiger partial charge in [-0.15, -0.1) is 5.10 Å². The lowest BCUT2D eigenvalue weighted by molar-refractivity contribution is 0.415. The van der Waals surface area contributed by atoms with E-state index in [9.17, 15) is 8.42 Å². The van der Waals surface area contributed by atoms with E-state index < -0.39 is 9.84 Å². The Labute approximate surface area is 120 Å². The van der Waals surface area contributed by atoms with E-state index in [1.54, 1.807) is 0 Å². The van der Waals surface area contributed by atoms with Crippen LogP contribution in [-0.2, 0) is 9.84 Å². The van der Waals surface area contributed by atoms with Crippen molar-refractivity contribution in [3.8, 4) is 0 Å². The van der Waals surface area contributed by atoms with Crippen LogP contribution in [-0.4, -0.2) is 34.9 Å². The van der Waals surface area contributed by atoms with Crippen LogP contribution >= 0.6 is 15.9 Å². The molecule has 1 fully saturated rings. The van der Waals surface area contributed by atoms with Gasteiger partial charge in [0.25, 0.3) is 0 Å². The summed E-state index contributed by atoms with van der Waals surface area (Å²) >= 11 is 3.51. The summed E-state index contributed by atoms with van der Waals surface area (Å²) in [7, 11) is -2.85. The number of sulfone groups is 1. The van der Waals surface area contributed by atoms with Gasteiger partial charge in [0.2, 0.25) is 0 Å². The van der Waals surface area contributed by atoms with Gasteiger partial charge in [0, 0.05) is 4.47 Å². The number of hydrogen-bond acceptors (Lipinski definition) is 4. The summed E-state index contributed by atoms with van der Waals surface area (Å²) < 4.78 is 25.8. The first kappa shape index (κ1) is 13.1. The molecule has 1 aliphatic heterocycles. The maximum Gasteiger partial charge on any atom is 0.150 e. The maximum absolute atomic E-state index is 11.5. The summed E-state index contributed by atoms with van der Waals surface area (Å²) in [5, 5.41) is 8.37. The first-order valence-electron chi connectivity index (χ1n) is 6.18. The molecule has 1 aliphatic rings. The number of nitrogens with zero attached hydrogens (tertiary/aromatic N) is 3. The van der Waals surface area contributed by atoms with Crippen LogP contribution in [0.4, 0.5) is 0 Å². The minimum absolute atomic E-state index is 0.128. The Hall–Kier alpha value is -0.950. The predicted molar refractivity (Wildman–Crippen MR) is 76.9 cm³/mol. The normalized spacial score (nSPS) is 19.9. The SMILES string of the molecule is Cc1cc2nnn(C3CCS(=O)(=O)CC3)c2cc1Br. The van der Waals surface area contributed by atoms with E-state index in [1.807, 2.05) is 23.7 Å². The fourth-order valence-corrected chi connectivity index (χ4v) is 4.25. The third kappa shape index (κ3) is 2.41. The van der Waals surface area contributed by atoms with Crippen molar-refractivity contribution in [3.63, 3.8) is 0 Å². The lowest BCUT2D eigenvalue weighted by Gasteiger charge is -2.22. The monoisotopic (exact) mass is 343 g/mol. The van der Waals surface area contributed by atoms with Crippen LogP contribution in [0.25, 0.3) is 11.0 Å². The summed E-state index contributed by atoms with van der Waals surface area (Å²) in [6.45, 7) is 2.01. The van der Waals surface area contributed by atoms with Crippen LogP contribution in [0.5, 0.6) is 0 Å². The van der Waals surface area contributed by atoms with E-state index in [0.717, 1.165) is 21.1 Å². The third-order valence-electron chi connectivity index (χ3n) is 3.62. The molecule has 1 aromatic carbocycles. The molecule has 3 rings (SSSR count). The van der Waals surface area contributed by atoms with Gasteiger partial charge in [0.15, 0.2) is 0 Å². The van der Waals surface area contributed by atoms with Gasteiger partial charge in [-0.2, -0.15) is 0 Å². The fraction of sp³-hybridized carbons (Fsp3) is 0.500. The van der Waals surface area contributed by atoms with Crippen LogP contribution < -0.4 is 0 Å². The number of aromatic nitrogens is 3. The summed E-state index contributed by atoms with van der Waals surface area (Å²) in [6, 6.07) is 4.12. The molecule has 5 nitrogen and oxygen atoms in total. The molecule has 2 aromatic rings. The van der Waals surface area contributed by atoms with Gasteiger partial charge in [-0.1, -0.05) is 21.1 Å². The van der Waals surface area contributed by atoms with E-state index >= 15 is 0 Å². The Morgan fingerprint density at radius 2 is 2.00 bits per heavy atom. The number of rotatable bonds is 1. The molecule has 1 saturated heterocycles. The molecule has 102 valence electrons. The Kier molecular flexibility index (Phi) is 3.13. The van der Waals surface area contributed by atoms with Crippen LogP contribution in [0, 0.1) is 6.92 Å². The van der Waals surface area contributed by atoms with E-state index in [4.69, 9.17) is 0 Å². The minimum atomic E-state index is -2.85. The third-order valence-corrected chi connectivity index (χ3v) is 6.19. The molecule has 0 amide bonds. The molecular weight excluding hydrogens is 330 g/mol. The summed E-state index contributed by atoms with van der Waals surface area (Å²) in [5.41, 5.74) is 2.93. The van der Waals surface area contributed by atoms with Crippen molar-refractivity contribution in [2.24, 2.45) is 0 Å². The molecular formula is C12H14BrN3O2S. The zero-order chi connectivity index (χ0) is 13.6. The predicted octanol–water partition coefficient (Wildman–Crippen LogP) is 2.25. The van der Waals surface area contributed by atoms with Crippen molar-refractivity contribution in [1.29, 1.82) is 0 Å². The first-order chi connectivity index (χ1) is 8.96. The van der Waals surface area contributed by atoms with Crippen molar-refractivity contribution in [2.45, 2.75) is 25.8 Å². The number of fused-ring (bicyclic) bond motifs is 1. The maximum atomic E-state index is 11.5. The van der Waals surface area contributed by atoms with E-state index in [1.165, 1.54) is 0 Å². The molecule has 0 N–H and O–H groups in total. The molecule has 0 aliphatic carbocycles. The van der Waals surface area contributed by atoms with Crippen LogP contribution in [0.2, 0.25) is 0 Å². The second-order valence-corrected chi connectivity index (χ2v) is 8.17. The van der Waals surface area contributed by atoms with Gasteiger partial charge >= 0.3 is 0 Å². The van der Waals surface area contributed by atoms with Gasteiger partial charge in [-0.05, 0) is 37.5 Å². The zero-order valence-corrected chi connectivity index (χ0v) is 12.9. The van der Waals surface area contributed by atoms with Crippen molar-refractivity contribution in [1.82, 2.24) is 15.0 Å². The highest BCUT2D eigenvalue weighted by atomic mass is 79.9. The van der Waals surface area contributed by atoms with Crippen molar-refractivity contribution in [2.75, 3.05) is 11.5 Å². The van der Waals surface area contributed by atoms with E-state index in [0.29, 0.717) is 12.8 Å². The highest BCUT2D eigenvalue weighted by molar-refractivity contribution is 9.10. The van der Waals surface area contributed by atoms with Crippen LogP contribution in [0.1, 0.15) is 24.4 Å². The smallest absolute Gasteiger partial charge is 0.150 e. The van der Waals surface area contributed by atoms with Crippen LogP contribution in [0.15, 0.2) is 16.6 Å². The average molecular weight is 344 g/mol. The standard InChI is InChI=1S/C12H14BrN3O2S/c1-8-6-11-12(7-10(8)13)16(15-14-11)9-2-4-19(17,18)5-3-9/h6-7,9H,2-5H2,1H3. The molecule has 0 saturated carbocycles. The Morgan fingerprint density at radius 1 is 1.32 bits per heavy atom. The molecule has 0 unspecified atom stereocenters. The van der Waals surface area contributed by atoms with Gasteiger partial charge in [-0.25, -0.2) is 13.1 Å². The Morgan fingerprint density at radius 3 is 2.68 bits per heavy atom. The largest absolute Gasteiger partial charge is 0.241 e. The second kappa shape index (κ2) is 4.56. The van der Waals surface area contributed by atoms with Crippen molar-refractivity contribution < 1.29 is 8.42 Å². The average Bonchev–Trinajstić information content (AvgIpc) is 2.73. The van der Waals surface area contributed by atoms with Crippen LogP contribution in [0.3, 0.4) is 0 Å². The van der Waals surface area contributed by atoms with Crippen molar-refractivity contribution in [3.05, 3.63) is 22.2 Å². The zero-order valence-electron chi connectivity index (χ0n) is 10.5. The highest BCUT2D eigenvalue weighted by Crippen LogP contribution is 2.29. The molecule has 0 radical (unpaired) electrons. The number of benzene rings is 1. The first-order valence-corrected chi connectivity index (χ1v) is 8.79. The number of halogens is 1. The topological polar surface area (TPSA) is 64.8 Å². The summed E-state index contributed by atoms with van der Waals surface area (Å²) in [5.74, 6) is 0.484. The molecule has 0 atom stereocenters. The van der Waals surface area contributed by atoms with Gasteiger partial charge in [0.05, 0.1) is 23.1 Å². The lowest BCUT2D eigenvalue weighted by atomic mass is 10.1.